The highest BCUT2D eigenvalue weighted by Gasteiger charge is 2.26. The lowest BCUT2D eigenvalue weighted by atomic mass is 9.87. The quantitative estimate of drug-likeness (QED) is 0.901. The molecule has 0 saturated heterocycles. The molecule has 0 aromatic heterocycles. The molecule has 0 amide bonds. The van der Waals surface area contributed by atoms with E-state index in [2.05, 4.69) is 6.07 Å². The number of carboxylic acids is 1. The predicted octanol–water partition coefficient (Wildman–Crippen LogP) is 2.73. The summed E-state index contributed by atoms with van der Waals surface area (Å²) in [6.45, 7) is 0.376. The molecule has 21 heavy (non-hydrogen) atoms. The van der Waals surface area contributed by atoms with Crippen molar-refractivity contribution in [2.75, 3.05) is 7.11 Å². The van der Waals surface area contributed by atoms with Gasteiger partial charge in [-0.3, -0.25) is 4.79 Å². The van der Waals surface area contributed by atoms with Crippen molar-refractivity contribution in [3.63, 3.8) is 0 Å². The van der Waals surface area contributed by atoms with E-state index >= 15 is 0 Å². The van der Waals surface area contributed by atoms with E-state index in [0.29, 0.717) is 30.8 Å². The van der Waals surface area contributed by atoms with Crippen molar-refractivity contribution in [1.82, 2.24) is 0 Å². The highest BCUT2D eigenvalue weighted by Crippen LogP contribution is 2.28. The summed E-state index contributed by atoms with van der Waals surface area (Å²) in [5.74, 6) is -0.244. The van der Waals surface area contributed by atoms with E-state index in [1.54, 1.807) is 25.3 Å². The fraction of sp³-hybridized carbons (Fsp3) is 0.500. The third-order valence-electron chi connectivity index (χ3n) is 3.91. The summed E-state index contributed by atoms with van der Waals surface area (Å²) in [5.41, 5.74) is 1.42. The van der Waals surface area contributed by atoms with E-state index in [1.807, 2.05) is 0 Å². The molecule has 1 saturated carbocycles. The van der Waals surface area contributed by atoms with E-state index in [-0.39, 0.29) is 12.0 Å². The number of benzene rings is 1. The molecule has 1 aliphatic carbocycles. The summed E-state index contributed by atoms with van der Waals surface area (Å²) in [6, 6.07) is 7.34. The van der Waals surface area contributed by atoms with Gasteiger partial charge in [-0.05, 0) is 43.9 Å². The van der Waals surface area contributed by atoms with Crippen molar-refractivity contribution in [3.8, 4) is 11.8 Å². The number of aliphatic carboxylic acids is 1. The lowest BCUT2D eigenvalue weighted by Crippen LogP contribution is -2.26. The Morgan fingerprint density at radius 2 is 2.10 bits per heavy atom. The first-order chi connectivity index (χ1) is 10.1. The predicted molar refractivity (Wildman–Crippen MR) is 75.9 cm³/mol. The molecule has 0 spiro atoms. The molecule has 0 radical (unpaired) electrons. The fourth-order valence-electron chi connectivity index (χ4n) is 2.65. The zero-order valence-electron chi connectivity index (χ0n) is 12.0. The van der Waals surface area contributed by atoms with Crippen molar-refractivity contribution < 1.29 is 19.4 Å². The summed E-state index contributed by atoms with van der Waals surface area (Å²) >= 11 is 0. The Morgan fingerprint density at radius 3 is 2.67 bits per heavy atom. The second kappa shape index (κ2) is 7.09. The Bertz CT molecular complexity index is 542. The van der Waals surface area contributed by atoms with E-state index in [4.69, 9.17) is 19.8 Å². The minimum atomic E-state index is -0.711. The van der Waals surface area contributed by atoms with E-state index < -0.39 is 5.97 Å². The Labute approximate surface area is 124 Å². The molecular weight excluding hydrogens is 270 g/mol. The molecule has 1 aromatic rings. The summed E-state index contributed by atoms with van der Waals surface area (Å²) in [4.78, 5) is 10.9. The number of rotatable bonds is 5. The maximum absolute atomic E-state index is 10.9. The van der Waals surface area contributed by atoms with Gasteiger partial charge in [-0.25, -0.2) is 0 Å². The van der Waals surface area contributed by atoms with Crippen molar-refractivity contribution in [2.45, 2.75) is 38.4 Å². The molecule has 0 unspecified atom stereocenters. The van der Waals surface area contributed by atoms with Gasteiger partial charge in [0.15, 0.2) is 0 Å². The SMILES string of the molecule is COc1ccc(C#N)cc1COC1CCC(C(=O)O)CC1. The minimum absolute atomic E-state index is 0.0797. The Morgan fingerprint density at radius 1 is 1.38 bits per heavy atom. The van der Waals surface area contributed by atoms with E-state index in [0.717, 1.165) is 18.4 Å². The molecule has 0 heterocycles. The van der Waals surface area contributed by atoms with Gasteiger partial charge >= 0.3 is 5.97 Å². The summed E-state index contributed by atoms with van der Waals surface area (Å²) in [7, 11) is 1.59. The highest BCUT2D eigenvalue weighted by atomic mass is 16.5. The molecule has 2 rings (SSSR count). The first kappa shape index (κ1) is 15.3. The van der Waals surface area contributed by atoms with Crippen LogP contribution in [0.3, 0.4) is 0 Å². The van der Waals surface area contributed by atoms with Gasteiger partial charge in [0.25, 0.3) is 0 Å². The van der Waals surface area contributed by atoms with Crippen LogP contribution in [0.4, 0.5) is 0 Å². The molecule has 1 fully saturated rings. The van der Waals surface area contributed by atoms with Crippen LogP contribution in [0, 0.1) is 17.2 Å². The average Bonchev–Trinajstić information content (AvgIpc) is 2.52. The molecule has 112 valence electrons. The number of carboxylic acid groups (broad SMARTS) is 1. The number of nitrogens with zero attached hydrogens (tertiary/aromatic N) is 1. The maximum atomic E-state index is 10.9. The van der Waals surface area contributed by atoms with Crippen molar-refractivity contribution in [3.05, 3.63) is 29.3 Å². The second-order valence-electron chi connectivity index (χ2n) is 5.26. The summed E-state index contributed by atoms with van der Waals surface area (Å²) in [5, 5.41) is 17.9. The minimum Gasteiger partial charge on any atom is -0.496 e. The standard InChI is InChI=1S/C16H19NO4/c1-20-15-7-2-11(9-17)8-13(15)10-21-14-5-3-12(4-6-14)16(18)19/h2,7-8,12,14H,3-6,10H2,1H3,(H,18,19). The summed E-state index contributed by atoms with van der Waals surface area (Å²) in [6.07, 6.45) is 2.93. The van der Waals surface area contributed by atoms with Gasteiger partial charge in [-0.1, -0.05) is 0 Å². The number of nitriles is 1. The largest absolute Gasteiger partial charge is 0.496 e. The van der Waals surface area contributed by atoms with Crippen LogP contribution in [0.5, 0.6) is 5.75 Å². The summed E-state index contributed by atoms with van der Waals surface area (Å²) < 4.78 is 11.1. The Hall–Kier alpha value is -2.06. The van der Waals surface area contributed by atoms with Crippen LogP contribution in [-0.4, -0.2) is 24.3 Å². The van der Waals surface area contributed by atoms with Crippen LogP contribution in [0.15, 0.2) is 18.2 Å². The number of hydrogen-bond donors (Lipinski definition) is 1. The number of carbonyl (C=O) groups is 1. The van der Waals surface area contributed by atoms with E-state index in [1.165, 1.54) is 0 Å². The monoisotopic (exact) mass is 289 g/mol. The molecule has 0 atom stereocenters. The highest BCUT2D eigenvalue weighted by molar-refractivity contribution is 5.70. The second-order valence-corrected chi connectivity index (χ2v) is 5.26. The van der Waals surface area contributed by atoms with Crippen molar-refractivity contribution in [2.24, 2.45) is 5.92 Å². The van der Waals surface area contributed by atoms with Crippen molar-refractivity contribution in [1.29, 1.82) is 5.26 Å². The van der Waals surface area contributed by atoms with Crippen LogP contribution in [0.2, 0.25) is 0 Å². The third-order valence-corrected chi connectivity index (χ3v) is 3.91. The fourth-order valence-corrected chi connectivity index (χ4v) is 2.65. The normalized spacial score (nSPS) is 21.5. The maximum Gasteiger partial charge on any atom is 0.306 e. The molecule has 0 aliphatic heterocycles. The van der Waals surface area contributed by atoms with Gasteiger partial charge in [0.1, 0.15) is 5.75 Å². The smallest absolute Gasteiger partial charge is 0.306 e. The molecular formula is C16H19NO4. The molecule has 1 aromatic carbocycles. The van der Waals surface area contributed by atoms with Crippen LogP contribution in [0.1, 0.15) is 36.8 Å². The molecule has 0 bridgehead atoms. The molecule has 1 N–H and O–H groups in total. The van der Waals surface area contributed by atoms with Crippen molar-refractivity contribution >= 4 is 5.97 Å². The molecule has 5 nitrogen and oxygen atoms in total. The zero-order chi connectivity index (χ0) is 15.2. The van der Waals surface area contributed by atoms with Crippen LogP contribution in [-0.2, 0) is 16.1 Å². The van der Waals surface area contributed by atoms with Gasteiger partial charge in [0, 0.05) is 5.56 Å². The Kier molecular flexibility index (Phi) is 5.18. The van der Waals surface area contributed by atoms with Gasteiger partial charge in [0.2, 0.25) is 0 Å². The Balaban J connectivity index is 1.92. The van der Waals surface area contributed by atoms with Gasteiger partial charge in [0.05, 0.1) is 37.4 Å². The van der Waals surface area contributed by atoms with Crippen LogP contribution < -0.4 is 4.74 Å². The molecule has 5 heteroatoms. The van der Waals surface area contributed by atoms with Crippen LogP contribution >= 0.6 is 0 Å². The lowest BCUT2D eigenvalue weighted by Gasteiger charge is -2.26. The lowest BCUT2D eigenvalue weighted by molar-refractivity contribution is -0.143. The number of ether oxygens (including phenoxy) is 2. The topological polar surface area (TPSA) is 79.5 Å². The van der Waals surface area contributed by atoms with Gasteiger partial charge in [-0.15, -0.1) is 0 Å². The van der Waals surface area contributed by atoms with Gasteiger partial charge in [-0.2, -0.15) is 5.26 Å². The van der Waals surface area contributed by atoms with Crippen LogP contribution in [0.25, 0.3) is 0 Å². The first-order valence-corrected chi connectivity index (χ1v) is 7.05. The first-order valence-electron chi connectivity index (χ1n) is 7.05. The van der Waals surface area contributed by atoms with E-state index in [9.17, 15) is 4.79 Å². The number of methoxy groups -OCH3 is 1. The molecule has 1 aliphatic rings. The number of hydrogen-bond acceptors (Lipinski definition) is 4. The average molecular weight is 289 g/mol. The third kappa shape index (κ3) is 3.96. The van der Waals surface area contributed by atoms with Gasteiger partial charge < -0.3 is 14.6 Å². The zero-order valence-corrected chi connectivity index (χ0v) is 12.0.